The van der Waals surface area contributed by atoms with E-state index in [0.29, 0.717) is 32.2 Å². The van der Waals surface area contributed by atoms with Crippen molar-refractivity contribution in [3.63, 3.8) is 0 Å². The van der Waals surface area contributed by atoms with Gasteiger partial charge in [0.2, 0.25) is 53.2 Å². The van der Waals surface area contributed by atoms with Crippen LogP contribution in [0, 0.1) is 11.8 Å². The Morgan fingerprint density at radius 2 is 1.14 bits per heavy atom. The molecule has 3 aliphatic rings. The molecule has 24 nitrogen and oxygen atoms in total. The number of nitrogens with one attached hydrogen (secondary N) is 5. The summed E-state index contributed by atoms with van der Waals surface area (Å²) in [6, 6.07) is -0.869. The Morgan fingerprint density at radius 3 is 1.65 bits per heavy atom. The maximum absolute atomic E-state index is 14.5. The number of hydrogen-bond donors (Lipinski definition) is 10. The van der Waals surface area contributed by atoms with Crippen molar-refractivity contribution in [3.05, 3.63) is 35.9 Å². The molecular weight excluding hydrogens is 935 g/mol. The quantitative estimate of drug-likeness (QED) is 0.0280. The molecule has 0 radical (unpaired) electrons. The predicted molar refractivity (Wildman–Crippen MR) is 263 cm³/mol. The van der Waals surface area contributed by atoms with Gasteiger partial charge in [0, 0.05) is 32.6 Å². The number of benzene rings is 1. The summed E-state index contributed by atoms with van der Waals surface area (Å²) in [5, 5.41) is 22.6. The molecule has 3 saturated heterocycles. The minimum absolute atomic E-state index is 0.0154. The highest BCUT2D eigenvalue weighted by Gasteiger charge is 2.43. The Bertz CT molecular complexity index is 2150. The number of aliphatic imine (C=N–C) groups is 1. The zero-order valence-corrected chi connectivity index (χ0v) is 42.0. The van der Waals surface area contributed by atoms with E-state index in [4.69, 9.17) is 22.9 Å². The van der Waals surface area contributed by atoms with Crippen LogP contribution in [-0.2, 0) is 54.4 Å². The Morgan fingerprint density at radius 1 is 0.625 bits per heavy atom. The van der Waals surface area contributed by atoms with Crippen LogP contribution in [0.3, 0.4) is 0 Å². The number of nitrogens with two attached hydrogens (primary N) is 4. The summed E-state index contributed by atoms with van der Waals surface area (Å²) >= 11 is 0. The van der Waals surface area contributed by atoms with Crippen LogP contribution < -0.4 is 49.5 Å². The lowest BCUT2D eigenvalue weighted by atomic mass is 10.0. The summed E-state index contributed by atoms with van der Waals surface area (Å²) < 4.78 is 0. The molecule has 0 unspecified atom stereocenters. The van der Waals surface area contributed by atoms with Gasteiger partial charge in [-0.05, 0) is 88.5 Å². The average molecular weight is 1010 g/mol. The van der Waals surface area contributed by atoms with Gasteiger partial charge in [0.25, 0.3) is 0 Å². The SMILES string of the molecule is CC(C)[C@H](NC(=O)[C@@H]1CCCN1C(=O)[C@@H](N)Cc1ccccc1)C(=O)N[C@@H](CCCN=C(N)N)C(=O)N1CCC[C@H]1C(=O)N[C@@H](CCC(N)=O)C(=O)N[C@H](C(=O)N1CCC[C@H]1C(=O)N[C@@H](C)C(=O)O)C(C)C. The maximum Gasteiger partial charge on any atom is 0.325 e. The highest BCUT2D eigenvalue weighted by Crippen LogP contribution is 2.24. The Balaban J connectivity index is 1.50. The molecule has 72 heavy (non-hydrogen) atoms. The molecule has 9 amide bonds. The Hall–Kier alpha value is -6.85. The lowest BCUT2D eigenvalue weighted by molar-refractivity contribution is -0.145. The van der Waals surface area contributed by atoms with Crippen LogP contribution in [0.2, 0.25) is 0 Å². The number of amides is 9. The number of guanidine groups is 1. The number of primary amides is 1. The number of aliphatic carboxylic acids is 1. The third-order valence-electron chi connectivity index (χ3n) is 13.2. The first kappa shape index (κ1) is 57.7. The van der Waals surface area contributed by atoms with Gasteiger partial charge < -0.3 is 69.3 Å². The van der Waals surface area contributed by atoms with Crippen LogP contribution in [0.25, 0.3) is 0 Å². The molecule has 0 saturated carbocycles. The molecule has 0 bridgehead atoms. The molecule has 0 spiro atoms. The number of nitrogens with zero attached hydrogens (tertiary/aromatic N) is 4. The van der Waals surface area contributed by atoms with Crippen LogP contribution in [-0.4, -0.2) is 165 Å². The molecule has 24 heteroatoms. The Kier molecular flexibility index (Phi) is 21.7. The lowest BCUT2D eigenvalue weighted by Crippen LogP contribution is -2.61. The molecule has 0 aromatic heterocycles. The number of likely N-dealkylation sites (tertiary alicyclic amines) is 3. The molecule has 3 heterocycles. The second-order valence-corrected chi connectivity index (χ2v) is 19.5. The summed E-state index contributed by atoms with van der Waals surface area (Å²) in [5.41, 5.74) is 23.7. The summed E-state index contributed by atoms with van der Waals surface area (Å²) in [6.07, 6.45) is 2.04. The van der Waals surface area contributed by atoms with Gasteiger partial charge in [-0.15, -0.1) is 0 Å². The van der Waals surface area contributed by atoms with Crippen LogP contribution in [0.4, 0.5) is 0 Å². The van der Waals surface area contributed by atoms with Gasteiger partial charge in [-0.25, -0.2) is 0 Å². The van der Waals surface area contributed by atoms with E-state index in [1.165, 1.54) is 21.6 Å². The van der Waals surface area contributed by atoms with Crippen molar-refractivity contribution in [3.8, 4) is 0 Å². The number of carbonyl (C=O) groups excluding carboxylic acids is 9. The summed E-state index contributed by atoms with van der Waals surface area (Å²) in [4.78, 5) is 143. The maximum atomic E-state index is 14.5. The van der Waals surface area contributed by atoms with Crippen molar-refractivity contribution in [2.24, 2.45) is 39.8 Å². The van der Waals surface area contributed by atoms with Gasteiger partial charge in [0.15, 0.2) is 5.96 Å². The fourth-order valence-corrected chi connectivity index (χ4v) is 9.23. The van der Waals surface area contributed by atoms with Gasteiger partial charge in [-0.2, -0.15) is 0 Å². The van der Waals surface area contributed by atoms with Crippen LogP contribution >= 0.6 is 0 Å². The monoisotopic (exact) mass is 1010 g/mol. The number of hydrogen-bond acceptors (Lipinski definition) is 12. The van der Waals surface area contributed by atoms with E-state index in [-0.39, 0.29) is 70.5 Å². The first-order valence-corrected chi connectivity index (χ1v) is 24.8. The first-order chi connectivity index (χ1) is 34.0. The van der Waals surface area contributed by atoms with E-state index in [1.807, 2.05) is 30.3 Å². The minimum Gasteiger partial charge on any atom is -0.480 e. The van der Waals surface area contributed by atoms with Crippen molar-refractivity contribution in [1.29, 1.82) is 0 Å². The van der Waals surface area contributed by atoms with Crippen LogP contribution in [0.5, 0.6) is 0 Å². The van der Waals surface area contributed by atoms with Crippen LogP contribution in [0.15, 0.2) is 35.3 Å². The largest absolute Gasteiger partial charge is 0.480 e. The minimum atomic E-state index is -1.41. The van der Waals surface area contributed by atoms with Gasteiger partial charge in [0.1, 0.15) is 48.3 Å². The third kappa shape index (κ3) is 16.1. The molecule has 14 N–H and O–H groups in total. The van der Waals surface area contributed by atoms with E-state index < -0.39 is 125 Å². The zero-order valence-electron chi connectivity index (χ0n) is 42.0. The molecule has 4 rings (SSSR count). The van der Waals surface area contributed by atoms with E-state index in [1.54, 1.807) is 27.7 Å². The molecule has 1 aromatic rings. The smallest absolute Gasteiger partial charge is 0.325 e. The normalized spacial score (nSPS) is 20.1. The topological polar surface area (TPSA) is 377 Å². The van der Waals surface area contributed by atoms with Crippen molar-refractivity contribution in [1.82, 2.24) is 41.3 Å². The van der Waals surface area contributed by atoms with E-state index >= 15 is 0 Å². The van der Waals surface area contributed by atoms with Gasteiger partial charge in [-0.3, -0.25) is 52.9 Å². The van der Waals surface area contributed by atoms with Crippen molar-refractivity contribution in [2.75, 3.05) is 26.2 Å². The molecule has 398 valence electrons. The van der Waals surface area contributed by atoms with E-state index in [0.717, 1.165) is 5.56 Å². The first-order valence-electron chi connectivity index (χ1n) is 24.8. The van der Waals surface area contributed by atoms with Gasteiger partial charge >= 0.3 is 5.97 Å². The summed E-state index contributed by atoms with van der Waals surface area (Å²) in [7, 11) is 0. The van der Waals surface area contributed by atoms with Crippen LogP contribution in [0.1, 0.15) is 104 Å². The van der Waals surface area contributed by atoms with Gasteiger partial charge in [0.05, 0.1) is 6.04 Å². The number of rotatable bonds is 25. The number of carbonyl (C=O) groups is 10. The second-order valence-electron chi connectivity index (χ2n) is 19.5. The average Bonchev–Trinajstić information content (AvgIpc) is 4.14. The highest BCUT2D eigenvalue weighted by atomic mass is 16.4. The third-order valence-corrected chi connectivity index (χ3v) is 13.2. The standard InChI is InChI=1S/C48H75N13O11/c1-26(2)37(57-42(66)35-18-10-22-59(35)44(68)30(49)25-29-13-7-6-8-14-29)43(67)56-32(15-9-21-53-48(51)52)45(69)60-23-11-17-34(60)41(65)55-31(19-20-36(50)62)39(63)58-38(27(3)4)46(70)61-24-12-16-33(61)40(64)54-28(5)47(71)72/h6-8,13-14,26-28,30-35,37-38H,9-12,15-25,49H2,1-5H3,(H2,50,62)(H,54,64)(H,55,65)(H,56,67)(H,57,66)(H,58,63)(H,71,72)(H4,51,52,53)/t28-,30-,31-,32-,33-,34-,35-,37-,38-/m0/s1. The number of carboxylic acid groups (broad SMARTS) is 1. The molecule has 3 fully saturated rings. The molecular formula is C48H75N13O11. The van der Waals surface area contributed by atoms with E-state index in [2.05, 4.69) is 31.6 Å². The number of carboxylic acids is 1. The van der Waals surface area contributed by atoms with Crippen molar-refractivity contribution >= 4 is 65.1 Å². The summed E-state index contributed by atoms with van der Waals surface area (Å²) in [6.45, 7) is 8.72. The fourth-order valence-electron chi connectivity index (χ4n) is 9.23. The molecule has 9 atom stereocenters. The predicted octanol–water partition coefficient (Wildman–Crippen LogP) is -2.31. The van der Waals surface area contributed by atoms with Crippen molar-refractivity contribution in [2.45, 2.75) is 160 Å². The Labute approximate surface area is 419 Å². The fraction of sp³-hybridized carbons (Fsp3) is 0.646. The second kappa shape index (κ2) is 27.1. The van der Waals surface area contributed by atoms with Crippen molar-refractivity contribution < 1.29 is 53.1 Å². The zero-order chi connectivity index (χ0) is 53.4. The van der Waals surface area contributed by atoms with Gasteiger partial charge in [-0.1, -0.05) is 58.0 Å². The molecule has 0 aliphatic carbocycles. The highest BCUT2D eigenvalue weighted by molar-refractivity contribution is 5.99. The summed E-state index contributed by atoms with van der Waals surface area (Å²) in [5.74, 6) is -8.34. The lowest BCUT2D eigenvalue weighted by Gasteiger charge is -2.33. The molecule has 1 aromatic carbocycles. The van der Waals surface area contributed by atoms with E-state index in [9.17, 15) is 53.1 Å². The molecule has 3 aliphatic heterocycles.